The first-order chi connectivity index (χ1) is 11.6. The summed E-state index contributed by atoms with van der Waals surface area (Å²) in [5.41, 5.74) is 2.86. The molecule has 130 valence electrons. The van der Waals surface area contributed by atoms with Crippen LogP contribution in [0, 0.1) is 30.1 Å². The number of hydrogen-bond donors (Lipinski definition) is 2. The molecular weight excluding hydrogens is 312 g/mol. The van der Waals surface area contributed by atoms with Crippen LogP contribution in [0.4, 0.5) is 5.69 Å². The van der Waals surface area contributed by atoms with Gasteiger partial charge in [0.25, 0.3) is 0 Å². The maximum atomic E-state index is 5.64. The van der Waals surface area contributed by atoms with Gasteiger partial charge in [-0.25, -0.2) is 0 Å². The fraction of sp³-hybridized carbons (Fsp3) is 0.667. The second-order valence-electron chi connectivity index (χ2n) is 8.71. The van der Waals surface area contributed by atoms with Crippen LogP contribution in [0.1, 0.15) is 57.4 Å². The van der Waals surface area contributed by atoms with Crippen molar-refractivity contribution < 1.29 is 0 Å². The molecule has 4 fully saturated rings. The molecule has 0 aliphatic heterocycles. The van der Waals surface area contributed by atoms with Gasteiger partial charge in [-0.3, -0.25) is 0 Å². The Morgan fingerprint density at radius 3 is 2.12 bits per heavy atom. The Bertz CT molecular complexity index is 571. The van der Waals surface area contributed by atoms with Gasteiger partial charge in [-0.05, 0) is 99.4 Å². The fourth-order valence-corrected chi connectivity index (χ4v) is 6.52. The molecule has 4 saturated carbocycles. The molecule has 0 aromatic heterocycles. The lowest BCUT2D eigenvalue weighted by Crippen LogP contribution is -2.57. The molecule has 24 heavy (non-hydrogen) atoms. The van der Waals surface area contributed by atoms with Crippen LogP contribution >= 0.6 is 12.2 Å². The van der Waals surface area contributed by atoms with Crippen LogP contribution in [0.2, 0.25) is 0 Å². The lowest BCUT2D eigenvalue weighted by atomic mass is 9.47. The molecule has 4 bridgehead atoms. The fourth-order valence-electron chi connectivity index (χ4n) is 6.25. The molecule has 1 unspecified atom stereocenters. The van der Waals surface area contributed by atoms with E-state index in [1.165, 1.54) is 50.5 Å². The molecular formula is C21H30N2S. The average Bonchev–Trinajstić information content (AvgIpc) is 2.53. The predicted octanol–water partition coefficient (Wildman–Crippen LogP) is 5.28. The van der Waals surface area contributed by atoms with Crippen molar-refractivity contribution in [2.24, 2.45) is 23.2 Å². The summed E-state index contributed by atoms with van der Waals surface area (Å²) >= 11 is 5.64. The third-order valence-electron chi connectivity index (χ3n) is 6.85. The Balaban J connectivity index is 1.44. The minimum absolute atomic E-state index is 0.502. The summed E-state index contributed by atoms with van der Waals surface area (Å²) in [6, 6.07) is 8.99. The van der Waals surface area contributed by atoms with Crippen LogP contribution in [-0.4, -0.2) is 11.2 Å². The Hall–Kier alpha value is -1.09. The molecule has 4 aliphatic rings. The van der Waals surface area contributed by atoms with Gasteiger partial charge in [0, 0.05) is 11.7 Å². The lowest BCUT2D eigenvalue weighted by molar-refractivity contribution is -0.0709. The van der Waals surface area contributed by atoms with Gasteiger partial charge in [0.05, 0.1) is 0 Å². The van der Waals surface area contributed by atoms with Crippen molar-refractivity contribution in [2.75, 3.05) is 5.32 Å². The van der Waals surface area contributed by atoms with Crippen LogP contribution in [-0.2, 0) is 0 Å². The van der Waals surface area contributed by atoms with Crippen molar-refractivity contribution >= 4 is 23.0 Å². The van der Waals surface area contributed by atoms with E-state index < -0.39 is 0 Å². The quantitative estimate of drug-likeness (QED) is 0.728. The summed E-state index contributed by atoms with van der Waals surface area (Å²) in [6.07, 6.45) is 9.96. The first-order valence-electron chi connectivity index (χ1n) is 9.70. The summed E-state index contributed by atoms with van der Waals surface area (Å²) in [7, 11) is 0. The number of rotatable bonds is 4. The minimum atomic E-state index is 0.502. The van der Waals surface area contributed by atoms with Gasteiger partial charge in [-0.15, -0.1) is 0 Å². The minimum Gasteiger partial charge on any atom is -0.359 e. The van der Waals surface area contributed by atoms with Gasteiger partial charge in [-0.1, -0.05) is 24.6 Å². The molecule has 5 rings (SSSR count). The molecule has 4 aliphatic carbocycles. The largest absolute Gasteiger partial charge is 0.359 e. The van der Waals surface area contributed by atoms with E-state index in [0.29, 0.717) is 11.5 Å². The van der Waals surface area contributed by atoms with Crippen molar-refractivity contribution in [3.63, 3.8) is 0 Å². The van der Waals surface area contributed by atoms with E-state index in [-0.39, 0.29) is 0 Å². The third-order valence-corrected chi connectivity index (χ3v) is 7.07. The highest BCUT2D eigenvalue weighted by Crippen LogP contribution is 2.61. The smallest absolute Gasteiger partial charge is 0.171 e. The van der Waals surface area contributed by atoms with E-state index in [1.807, 2.05) is 0 Å². The van der Waals surface area contributed by atoms with Gasteiger partial charge in [-0.2, -0.15) is 0 Å². The number of nitrogens with one attached hydrogen (secondary N) is 2. The van der Waals surface area contributed by atoms with Gasteiger partial charge < -0.3 is 10.6 Å². The van der Waals surface area contributed by atoms with E-state index in [0.717, 1.165) is 28.6 Å². The van der Waals surface area contributed by atoms with Gasteiger partial charge in [0.2, 0.25) is 0 Å². The number of hydrogen-bond acceptors (Lipinski definition) is 1. The molecule has 0 heterocycles. The topological polar surface area (TPSA) is 24.1 Å². The molecule has 1 aromatic rings. The van der Waals surface area contributed by atoms with Crippen LogP contribution in [0.5, 0.6) is 0 Å². The number of anilines is 1. The summed E-state index contributed by atoms with van der Waals surface area (Å²) in [4.78, 5) is 0. The molecule has 0 radical (unpaired) electrons. The van der Waals surface area contributed by atoms with Crippen LogP contribution in [0.15, 0.2) is 24.3 Å². The highest BCUT2D eigenvalue weighted by molar-refractivity contribution is 7.80. The van der Waals surface area contributed by atoms with Crippen LogP contribution < -0.4 is 10.6 Å². The highest BCUT2D eigenvalue weighted by Gasteiger charge is 2.53. The van der Waals surface area contributed by atoms with Gasteiger partial charge in [0.1, 0.15) is 0 Å². The lowest BCUT2D eigenvalue weighted by Gasteiger charge is -2.59. The summed E-state index contributed by atoms with van der Waals surface area (Å²) in [6.45, 7) is 4.44. The molecule has 2 nitrogen and oxygen atoms in total. The van der Waals surface area contributed by atoms with Gasteiger partial charge >= 0.3 is 0 Å². The second kappa shape index (κ2) is 6.33. The molecule has 0 saturated heterocycles. The number of thiocarbonyl (C=S) groups is 1. The molecule has 0 amide bonds. The summed E-state index contributed by atoms with van der Waals surface area (Å²) < 4.78 is 0. The van der Waals surface area contributed by atoms with E-state index in [2.05, 4.69) is 48.7 Å². The molecule has 2 N–H and O–H groups in total. The Kier molecular flexibility index (Phi) is 4.32. The maximum Gasteiger partial charge on any atom is 0.171 e. The standard InChI is InChI=1S/C21H30N2S/c1-3-19(23-20(24)22-18-6-4-14(2)5-7-18)21-11-15-8-16(12-21)10-17(9-15)13-21/h4-7,15-17,19H,3,8-13H2,1-2H3,(H2,22,23,24). The predicted molar refractivity (Wildman–Crippen MR) is 105 cm³/mol. The van der Waals surface area contributed by atoms with Gasteiger partial charge in [0.15, 0.2) is 5.11 Å². The SMILES string of the molecule is CCC(NC(=S)Nc1ccc(C)cc1)C12CC3CC(CC(C3)C1)C2. The molecule has 1 atom stereocenters. The Morgan fingerprint density at radius 2 is 1.62 bits per heavy atom. The van der Waals surface area contributed by atoms with Crippen LogP contribution in [0.25, 0.3) is 0 Å². The zero-order chi connectivity index (χ0) is 16.7. The average molecular weight is 343 g/mol. The van der Waals surface area contributed by atoms with Crippen molar-refractivity contribution in [2.45, 2.75) is 64.8 Å². The highest BCUT2D eigenvalue weighted by atomic mass is 32.1. The number of benzene rings is 1. The van der Waals surface area contributed by atoms with Crippen LogP contribution in [0.3, 0.4) is 0 Å². The van der Waals surface area contributed by atoms with E-state index >= 15 is 0 Å². The summed E-state index contributed by atoms with van der Waals surface area (Å²) in [5, 5.41) is 7.89. The normalized spacial score (nSPS) is 34.8. The number of aryl methyl sites for hydroxylation is 1. The van der Waals surface area contributed by atoms with Crippen molar-refractivity contribution in [1.29, 1.82) is 0 Å². The third kappa shape index (κ3) is 3.08. The van der Waals surface area contributed by atoms with E-state index in [4.69, 9.17) is 12.2 Å². The second-order valence-corrected chi connectivity index (χ2v) is 9.11. The van der Waals surface area contributed by atoms with Crippen molar-refractivity contribution in [1.82, 2.24) is 5.32 Å². The molecule has 0 spiro atoms. The van der Waals surface area contributed by atoms with Crippen molar-refractivity contribution in [3.8, 4) is 0 Å². The molecule has 3 heteroatoms. The first kappa shape index (κ1) is 16.4. The Labute approximate surface area is 151 Å². The monoisotopic (exact) mass is 342 g/mol. The first-order valence-corrected chi connectivity index (χ1v) is 10.1. The maximum absolute atomic E-state index is 5.64. The van der Waals surface area contributed by atoms with E-state index in [9.17, 15) is 0 Å². The zero-order valence-electron chi connectivity index (χ0n) is 15.0. The van der Waals surface area contributed by atoms with Crippen molar-refractivity contribution in [3.05, 3.63) is 29.8 Å². The van der Waals surface area contributed by atoms with E-state index in [1.54, 1.807) is 0 Å². The zero-order valence-corrected chi connectivity index (χ0v) is 15.8. The Morgan fingerprint density at radius 1 is 1.08 bits per heavy atom. The summed E-state index contributed by atoms with van der Waals surface area (Å²) in [5.74, 6) is 2.97. The molecule has 1 aromatic carbocycles.